The lowest BCUT2D eigenvalue weighted by Gasteiger charge is -2.35. The van der Waals surface area contributed by atoms with Crippen LogP contribution in [0.25, 0.3) is 0 Å². The Bertz CT molecular complexity index is 1350. The molecular weight excluding hydrogens is 514 g/mol. The van der Waals surface area contributed by atoms with E-state index in [2.05, 4.69) is 10.4 Å². The van der Waals surface area contributed by atoms with Crippen LogP contribution in [0.4, 0.5) is 16.2 Å². The molecule has 11 heteroatoms. The highest BCUT2D eigenvalue weighted by Gasteiger charge is 2.36. The van der Waals surface area contributed by atoms with Gasteiger partial charge in [-0.25, -0.2) is 4.79 Å². The van der Waals surface area contributed by atoms with Crippen LogP contribution in [-0.4, -0.2) is 71.0 Å². The van der Waals surface area contributed by atoms with Crippen molar-refractivity contribution in [3.63, 3.8) is 0 Å². The van der Waals surface area contributed by atoms with E-state index in [9.17, 15) is 14.4 Å². The number of carbonyl (C=O) groups excluding carboxylic acids is 3. The molecule has 0 saturated heterocycles. The second-order valence-corrected chi connectivity index (χ2v) is 10.6. The van der Waals surface area contributed by atoms with E-state index in [4.69, 9.17) is 14.2 Å². The normalized spacial score (nSPS) is 14.5. The summed E-state index contributed by atoms with van der Waals surface area (Å²) in [6, 6.07) is 14.7. The van der Waals surface area contributed by atoms with Gasteiger partial charge in [0.2, 0.25) is 5.91 Å². The van der Waals surface area contributed by atoms with Gasteiger partial charge in [0.15, 0.2) is 6.10 Å². The van der Waals surface area contributed by atoms with Crippen molar-refractivity contribution < 1.29 is 28.6 Å². The quantitative estimate of drug-likeness (QED) is 0.454. The van der Waals surface area contributed by atoms with Crippen LogP contribution in [-0.2, 0) is 20.9 Å². The van der Waals surface area contributed by atoms with Crippen molar-refractivity contribution in [3.8, 4) is 11.5 Å². The minimum Gasteiger partial charge on any atom is -0.492 e. The molecule has 11 nitrogen and oxygen atoms in total. The standard InChI is InChI=1S/C29H35N5O6/c1-20-10-12-22(13-11-20)38-15-14-32(5)26(35)19-33-17-21(16-30-33)31-27(36)25-18-34(28(37)40-29(2,3)4)23-8-6-7-9-24(23)39-25/h6-13,16-17,25H,14-15,18-19H2,1-5H3,(H,31,36). The molecule has 0 fully saturated rings. The first-order chi connectivity index (χ1) is 19.0. The summed E-state index contributed by atoms with van der Waals surface area (Å²) in [6.45, 7) is 8.08. The number of amides is 3. The molecule has 1 aromatic heterocycles. The SMILES string of the molecule is Cc1ccc(OCCN(C)C(=O)Cn2cc(NC(=O)C3CN(C(=O)OC(C)(C)C)c4ccccc4O3)cn2)cc1. The average molecular weight is 550 g/mol. The molecular formula is C29H35N5O6. The number of hydrogen-bond donors (Lipinski definition) is 1. The van der Waals surface area contributed by atoms with Crippen LogP contribution in [0.1, 0.15) is 26.3 Å². The highest BCUT2D eigenvalue weighted by molar-refractivity contribution is 5.98. The van der Waals surface area contributed by atoms with E-state index in [0.29, 0.717) is 30.3 Å². The smallest absolute Gasteiger partial charge is 0.415 e. The lowest BCUT2D eigenvalue weighted by atomic mass is 10.1. The van der Waals surface area contributed by atoms with Crippen molar-refractivity contribution in [2.75, 3.05) is 37.0 Å². The molecule has 2 heterocycles. The van der Waals surface area contributed by atoms with Crippen molar-refractivity contribution in [2.24, 2.45) is 0 Å². The van der Waals surface area contributed by atoms with Gasteiger partial charge >= 0.3 is 6.09 Å². The number of carbonyl (C=O) groups is 3. The minimum absolute atomic E-state index is 0.00335. The van der Waals surface area contributed by atoms with Gasteiger partial charge in [0.05, 0.1) is 30.7 Å². The summed E-state index contributed by atoms with van der Waals surface area (Å²) in [5, 5.41) is 6.95. The zero-order valence-electron chi connectivity index (χ0n) is 23.4. The summed E-state index contributed by atoms with van der Waals surface area (Å²) in [6.07, 6.45) is 1.47. The number of anilines is 2. The monoisotopic (exact) mass is 549 g/mol. The Morgan fingerprint density at radius 3 is 2.58 bits per heavy atom. The van der Waals surface area contributed by atoms with Crippen LogP contribution in [0.2, 0.25) is 0 Å². The number of hydrogen-bond acceptors (Lipinski definition) is 7. The Morgan fingerprint density at radius 1 is 1.12 bits per heavy atom. The van der Waals surface area contributed by atoms with E-state index in [1.54, 1.807) is 63.2 Å². The van der Waals surface area contributed by atoms with Gasteiger partial charge in [-0.3, -0.25) is 19.2 Å². The Kier molecular flexibility index (Phi) is 8.61. The molecule has 1 aliphatic heterocycles. The average Bonchev–Trinajstić information content (AvgIpc) is 3.34. The fourth-order valence-corrected chi connectivity index (χ4v) is 3.92. The Labute approximate surface area is 233 Å². The third-order valence-electron chi connectivity index (χ3n) is 6.02. The first-order valence-corrected chi connectivity index (χ1v) is 13.0. The Hall–Kier alpha value is -4.54. The van der Waals surface area contributed by atoms with Gasteiger partial charge < -0.3 is 24.4 Å². The summed E-state index contributed by atoms with van der Waals surface area (Å²) >= 11 is 0. The number of likely N-dealkylation sites (N-methyl/N-ethyl adjacent to an activating group) is 1. The van der Waals surface area contributed by atoms with Crippen LogP contribution in [0, 0.1) is 6.92 Å². The number of rotatable bonds is 8. The van der Waals surface area contributed by atoms with Crippen molar-refractivity contribution in [2.45, 2.75) is 45.9 Å². The second-order valence-electron chi connectivity index (χ2n) is 10.6. The van der Waals surface area contributed by atoms with Gasteiger partial charge in [-0.05, 0) is 52.0 Å². The van der Waals surface area contributed by atoms with Crippen LogP contribution < -0.4 is 19.7 Å². The van der Waals surface area contributed by atoms with Crippen molar-refractivity contribution in [1.82, 2.24) is 14.7 Å². The first-order valence-electron chi connectivity index (χ1n) is 13.0. The molecule has 1 N–H and O–H groups in total. The summed E-state index contributed by atoms with van der Waals surface area (Å²) in [5.41, 5.74) is 1.37. The molecule has 2 aromatic carbocycles. The Balaban J connectivity index is 1.31. The molecule has 212 valence electrons. The highest BCUT2D eigenvalue weighted by Crippen LogP contribution is 2.34. The lowest BCUT2D eigenvalue weighted by molar-refractivity contribution is -0.131. The molecule has 0 bridgehead atoms. The Morgan fingerprint density at radius 2 is 1.85 bits per heavy atom. The molecule has 4 rings (SSSR count). The summed E-state index contributed by atoms with van der Waals surface area (Å²) in [7, 11) is 1.70. The molecule has 3 aromatic rings. The van der Waals surface area contributed by atoms with Gasteiger partial charge in [0.25, 0.3) is 5.91 Å². The van der Waals surface area contributed by atoms with Crippen molar-refractivity contribution >= 4 is 29.3 Å². The van der Waals surface area contributed by atoms with Crippen molar-refractivity contribution in [3.05, 3.63) is 66.5 Å². The number of fused-ring (bicyclic) bond motifs is 1. The van der Waals surface area contributed by atoms with E-state index < -0.39 is 23.7 Å². The predicted octanol–water partition coefficient (Wildman–Crippen LogP) is 3.87. The maximum Gasteiger partial charge on any atom is 0.415 e. The molecule has 1 unspecified atom stereocenters. The van der Waals surface area contributed by atoms with Crippen molar-refractivity contribution in [1.29, 1.82) is 0 Å². The van der Waals surface area contributed by atoms with E-state index in [0.717, 1.165) is 11.3 Å². The summed E-state index contributed by atoms with van der Waals surface area (Å²) < 4.78 is 18.6. The fraction of sp³-hybridized carbons (Fsp3) is 0.379. The van der Waals surface area contributed by atoms with E-state index in [1.165, 1.54) is 15.8 Å². The maximum absolute atomic E-state index is 13.1. The third kappa shape index (κ3) is 7.52. The van der Waals surface area contributed by atoms with Gasteiger partial charge in [0.1, 0.15) is 30.3 Å². The molecule has 1 aliphatic rings. The van der Waals surface area contributed by atoms with E-state index >= 15 is 0 Å². The summed E-state index contributed by atoms with van der Waals surface area (Å²) in [4.78, 5) is 41.6. The number of aromatic nitrogens is 2. The number of benzene rings is 2. The second kappa shape index (κ2) is 12.1. The zero-order valence-corrected chi connectivity index (χ0v) is 23.4. The molecule has 3 amide bonds. The van der Waals surface area contributed by atoms with Gasteiger partial charge in [-0.2, -0.15) is 5.10 Å². The number of nitrogens with one attached hydrogen (secondary N) is 1. The van der Waals surface area contributed by atoms with Gasteiger partial charge in [-0.1, -0.05) is 29.8 Å². The molecule has 40 heavy (non-hydrogen) atoms. The highest BCUT2D eigenvalue weighted by atomic mass is 16.6. The van der Waals surface area contributed by atoms with Crippen LogP contribution in [0.5, 0.6) is 11.5 Å². The van der Waals surface area contributed by atoms with E-state index in [-0.39, 0.29) is 19.0 Å². The first kappa shape index (κ1) is 28.5. The topological polar surface area (TPSA) is 115 Å². The molecule has 0 radical (unpaired) electrons. The number of ether oxygens (including phenoxy) is 3. The third-order valence-corrected chi connectivity index (χ3v) is 6.02. The molecule has 0 aliphatic carbocycles. The minimum atomic E-state index is -0.980. The van der Waals surface area contributed by atoms with Gasteiger partial charge in [0, 0.05) is 13.2 Å². The van der Waals surface area contributed by atoms with Crippen LogP contribution in [0.3, 0.4) is 0 Å². The van der Waals surface area contributed by atoms with E-state index in [1.807, 2.05) is 31.2 Å². The lowest BCUT2D eigenvalue weighted by Crippen LogP contribution is -2.50. The molecule has 1 atom stereocenters. The molecule has 0 spiro atoms. The fourth-order valence-electron chi connectivity index (χ4n) is 3.92. The zero-order chi connectivity index (χ0) is 28.9. The maximum atomic E-state index is 13.1. The number of para-hydroxylation sites is 2. The number of nitrogens with zero attached hydrogens (tertiary/aromatic N) is 4. The van der Waals surface area contributed by atoms with Crippen LogP contribution in [0.15, 0.2) is 60.9 Å². The van der Waals surface area contributed by atoms with Gasteiger partial charge in [-0.15, -0.1) is 0 Å². The molecule has 0 saturated carbocycles. The van der Waals surface area contributed by atoms with Crippen LogP contribution >= 0.6 is 0 Å². The number of aryl methyl sites for hydroxylation is 1. The summed E-state index contributed by atoms with van der Waals surface area (Å²) in [5.74, 6) is 0.530. The predicted molar refractivity (Wildman–Crippen MR) is 150 cm³/mol. The largest absolute Gasteiger partial charge is 0.492 e.